The van der Waals surface area contributed by atoms with Gasteiger partial charge in [-0.2, -0.15) is 21.6 Å². The molecule has 0 aromatic heterocycles. The predicted molar refractivity (Wildman–Crippen MR) is 60.9 cm³/mol. The molecule has 0 aliphatic carbocycles. The van der Waals surface area contributed by atoms with Crippen LogP contribution >= 0.6 is 8.16 Å². The Balaban J connectivity index is 0. The van der Waals surface area contributed by atoms with E-state index in [1.807, 2.05) is 0 Å². The van der Waals surface area contributed by atoms with Crippen LogP contribution in [0.5, 0.6) is 0 Å². The van der Waals surface area contributed by atoms with E-state index in [4.69, 9.17) is 4.55 Å². The van der Waals surface area contributed by atoms with Gasteiger partial charge in [0.15, 0.2) is 0 Å². The molecule has 0 saturated heterocycles. The molecule has 0 unspecified atom stereocenters. The second-order valence-electron chi connectivity index (χ2n) is 3.14. The van der Waals surface area contributed by atoms with Gasteiger partial charge in [-0.3, -0.25) is 4.55 Å². The van der Waals surface area contributed by atoms with Crippen molar-refractivity contribution in [3.63, 3.8) is 0 Å². The SMILES string of the molecule is FP(F)(F)(F)F.O=S(=O)(O)c1ccc(C(F)(F)F)cc1.[LiH]. The maximum absolute atomic E-state index is 12.0. The van der Waals surface area contributed by atoms with E-state index in [1.165, 1.54) is 0 Å². The van der Waals surface area contributed by atoms with Crippen molar-refractivity contribution in [2.75, 3.05) is 0 Å². The van der Waals surface area contributed by atoms with Gasteiger partial charge >= 0.3 is 54.2 Å². The van der Waals surface area contributed by atoms with E-state index in [9.17, 15) is 42.6 Å². The minimum atomic E-state index is -8.55. The van der Waals surface area contributed by atoms with Crippen LogP contribution in [-0.2, 0) is 16.3 Å². The number of benzene rings is 1. The minimum absolute atomic E-state index is 0. The Morgan fingerprint density at radius 3 is 1.38 bits per heavy atom. The van der Waals surface area contributed by atoms with Crippen LogP contribution in [0.4, 0.5) is 34.2 Å². The maximum atomic E-state index is 12.0. The summed E-state index contributed by atoms with van der Waals surface area (Å²) in [4.78, 5) is -0.564. The van der Waals surface area contributed by atoms with Gasteiger partial charge in [0, 0.05) is 0 Å². The number of hydrogen-bond acceptors (Lipinski definition) is 2. The zero-order chi connectivity index (χ0) is 16.4. The molecular formula is C7H6F8LiO3PS. The van der Waals surface area contributed by atoms with E-state index >= 15 is 0 Å². The normalized spacial score (nSPS) is 14.0. The molecule has 0 amide bonds. The van der Waals surface area contributed by atoms with E-state index in [0.29, 0.717) is 24.3 Å². The fourth-order valence-corrected chi connectivity index (χ4v) is 1.30. The predicted octanol–water partition coefficient (Wildman–Crippen LogP) is 4.27. The second kappa shape index (κ2) is 6.79. The number of rotatable bonds is 1. The van der Waals surface area contributed by atoms with E-state index in [0.717, 1.165) is 0 Å². The van der Waals surface area contributed by atoms with Crippen LogP contribution in [0, 0.1) is 0 Å². The molecule has 1 aromatic carbocycles. The number of halogens is 8. The van der Waals surface area contributed by atoms with Gasteiger partial charge in [0.05, 0.1) is 10.5 Å². The summed E-state index contributed by atoms with van der Waals surface area (Å²) in [6.45, 7) is 0. The summed E-state index contributed by atoms with van der Waals surface area (Å²) >= 11 is 0. The molecule has 0 bridgehead atoms. The fraction of sp³-hybridized carbons (Fsp3) is 0.143. The standard InChI is InChI=1S/C7H5F3O3S.F5P.Li.H/c8-7(9,10)5-1-3-6(4-2-5)14(11,12)13;1-6(2,3,4)5;;/h1-4H,(H,11,12,13);;;. The molecule has 0 radical (unpaired) electrons. The number of alkyl halides is 3. The van der Waals surface area contributed by atoms with Gasteiger partial charge in [0.2, 0.25) is 0 Å². The van der Waals surface area contributed by atoms with Gasteiger partial charge in [0.25, 0.3) is 10.1 Å². The molecule has 120 valence electrons. The Morgan fingerprint density at radius 1 is 0.905 bits per heavy atom. The van der Waals surface area contributed by atoms with Crippen LogP contribution in [0.15, 0.2) is 29.2 Å². The van der Waals surface area contributed by atoms with Crippen molar-refractivity contribution >= 4 is 37.1 Å². The Morgan fingerprint density at radius 2 is 1.19 bits per heavy atom. The van der Waals surface area contributed by atoms with Crippen LogP contribution in [0.3, 0.4) is 0 Å². The average Bonchev–Trinajstić information content (AvgIpc) is 2.11. The molecular weight excluding hydrogens is 354 g/mol. The van der Waals surface area contributed by atoms with Crippen molar-refractivity contribution in [1.29, 1.82) is 0 Å². The van der Waals surface area contributed by atoms with Crippen molar-refractivity contribution in [2.24, 2.45) is 0 Å². The molecule has 0 spiro atoms. The first-order valence-corrected chi connectivity index (χ1v) is 7.33. The summed E-state index contributed by atoms with van der Waals surface area (Å²) in [7, 11) is -13.0. The molecule has 0 aliphatic heterocycles. The molecule has 0 heterocycles. The third-order valence-corrected chi connectivity index (χ3v) is 2.35. The first kappa shape index (κ1) is 22.9. The van der Waals surface area contributed by atoms with E-state index in [1.54, 1.807) is 0 Å². The van der Waals surface area contributed by atoms with Crippen LogP contribution in [0.25, 0.3) is 0 Å². The molecule has 0 saturated carbocycles. The number of hydrogen-bond donors (Lipinski definition) is 1. The van der Waals surface area contributed by atoms with E-state index < -0.39 is 34.9 Å². The molecule has 0 atom stereocenters. The van der Waals surface area contributed by atoms with Gasteiger partial charge in [0.1, 0.15) is 0 Å². The van der Waals surface area contributed by atoms with Gasteiger partial charge in [-0.1, -0.05) is 0 Å². The molecule has 0 fully saturated rings. The Kier molecular flexibility index (Phi) is 7.39. The van der Waals surface area contributed by atoms with Gasteiger partial charge in [-0.25, -0.2) is 0 Å². The zero-order valence-electron chi connectivity index (χ0n) is 8.95. The van der Waals surface area contributed by atoms with Crippen LogP contribution in [0.1, 0.15) is 5.56 Å². The van der Waals surface area contributed by atoms with Crippen molar-refractivity contribution in [3.8, 4) is 0 Å². The summed E-state index contributed by atoms with van der Waals surface area (Å²) in [5.41, 5.74) is -0.968. The monoisotopic (exact) mass is 360 g/mol. The molecule has 3 nitrogen and oxygen atoms in total. The topological polar surface area (TPSA) is 54.4 Å². The molecule has 14 heteroatoms. The summed E-state index contributed by atoms with van der Waals surface area (Å²) in [5.74, 6) is 0. The van der Waals surface area contributed by atoms with E-state index in [2.05, 4.69) is 0 Å². The molecule has 0 aliphatic rings. The van der Waals surface area contributed by atoms with E-state index in [-0.39, 0.29) is 18.9 Å². The quantitative estimate of drug-likeness (QED) is 0.352. The third-order valence-electron chi connectivity index (χ3n) is 1.48. The Bertz CT molecular complexity index is 545. The summed E-state index contributed by atoms with van der Waals surface area (Å²) in [5, 5.41) is 0. The average molecular weight is 360 g/mol. The first-order chi connectivity index (χ1) is 8.45. The van der Waals surface area contributed by atoms with Crippen molar-refractivity contribution in [1.82, 2.24) is 0 Å². The third kappa shape index (κ3) is 13.0. The Labute approximate surface area is 125 Å². The van der Waals surface area contributed by atoms with Crippen LogP contribution < -0.4 is 0 Å². The van der Waals surface area contributed by atoms with Gasteiger partial charge in [-0.05, 0) is 24.3 Å². The summed E-state index contributed by atoms with van der Waals surface area (Å²) < 4.78 is 115. The molecule has 1 rings (SSSR count). The van der Waals surface area contributed by atoms with Crippen molar-refractivity contribution in [2.45, 2.75) is 11.1 Å². The second-order valence-corrected chi connectivity index (χ2v) is 5.84. The van der Waals surface area contributed by atoms with Gasteiger partial charge in [-0.15, -0.1) is 0 Å². The zero-order valence-corrected chi connectivity index (χ0v) is 10.7. The summed E-state index contributed by atoms with van der Waals surface area (Å²) in [6.07, 6.45) is -4.52. The van der Waals surface area contributed by atoms with Crippen LogP contribution in [0.2, 0.25) is 0 Å². The fourth-order valence-electron chi connectivity index (χ4n) is 0.816. The van der Waals surface area contributed by atoms with Crippen molar-refractivity contribution in [3.05, 3.63) is 29.8 Å². The van der Waals surface area contributed by atoms with Crippen molar-refractivity contribution < 1.29 is 47.1 Å². The molecule has 21 heavy (non-hydrogen) atoms. The molecule has 1 aromatic rings. The Hall–Kier alpha value is -0.403. The summed E-state index contributed by atoms with van der Waals surface area (Å²) in [6, 6.07) is 2.56. The van der Waals surface area contributed by atoms with Crippen LogP contribution in [-0.4, -0.2) is 31.8 Å². The van der Waals surface area contributed by atoms with Gasteiger partial charge < -0.3 is 0 Å². The first-order valence-electron chi connectivity index (χ1n) is 4.20. The molecule has 1 N–H and O–H groups in total.